The summed E-state index contributed by atoms with van der Waals surface area (Å²) in [5.74, 6) is 2.13. The van der Waals surface area contributed by atoms with Crippen LogP contribution in [0, 0.1) is 5.92 Å². The summed E-state index contributed by atoms with van der Waals surface area (Å²) in [7, 11) is 0. The Hall–Kier alpha value is -0.900. The van der Waals surface area contributed by atoms with Gasteiger partial charge >= 0.3 is 0 Å². The van der Waals surface area contributed by atoms with Crippen LogP contribution in [0.3, 0.4) is 0 Å². The Morgan fingerprint density at radius 1 is 1.31 bits per heavy atom. The molecule has 0 radical (unpaired) electrons. The van der Waals surface area contributed by atoms with Gasteiger partial charge in [-0.15, -0.1) is 0 Å². The first kappa shape index (κ1) is 11.6. The molecule has 2 atom stereocenters. The fourth-order valence-electron chi connectivity index (χ4n) is 2.14. The predicted octanol–water partition coefficient (Wildman–Crippen LogP) is 2.21. The molecule has 1 aliphatic carbocycles. The van der Waals surface area contributed by atoms with Gasteiger partial charge in [-0.25, -0.2) is 0 Å². The molecule has 16 heavy (non-hydrogen) atoms. The van der Waals surface area contributed by atoms with E-state index in [4.69, 9.17) is 10.3 Å². The monoisotopic (exact) mass is 223 g/mol. The summed E-state index contributed by atoms with van der Waals surface area (Å²) in [6, 6.07) is 0.0420. The molecule has 4 nitrogen and oxygen atoms in total. The number of aromatic nitrogens is 2. The van der Waals surface area contributed by atoms with Crippen LogP contribution in [-0.2, 0) is 5.41 Å². The topological polar surface area (TPSA) is 64.9 Å². The van der Waals surface area contributed by atoms with Gasteiger partial charge in [-0.3, -0.25) is 0 Å². The molecular formula is C12H21N3O. The molecule has 0 aliphatic heterocycles. The molecule has 1 aromatic heterocycles. The average molecular weight is 223 g/mol. The maximum absolute atomic E-state index is 5.98. The second kappa shape index (κ2) is 3.84. The predicted molar refractivity (Wildman–Crippen MR) is 62.1 cm³/mol. The molecule has 0 bridgehead atoms. The number of hydrogen-bond donors (Lipinski definition) is 1. The summed E-state index contributed by atoms with van der Waals surface area (Å²) in [5, 5.41) is 4.09. The Kier molecular flexibility index (Phi) is 2.78. The van der Waals surface area contributed by atoms with Gasteiger partial charge in [0.25, 0.3) is 0 Å². The van der Waals surface area contributed by atoms with Crippen LogP contribution in [0.4, 0.5) is 0 Å². The van der Waals surface area contributed by atoms with E-state index in [2.05, 4.69) is 30.9 Å². The van der Waals surface area contributed by atoms with Gasteiger partial charge in [0, 0.05) is 11.5 Å². The fraction of sp³-hybridized carbons (Fsp3) is 0.833. The zero-order chi connectivity index (χ0) is 11.9. The van der Waals surface area contributed by atoms with Crippen LogP contribution in [0.1, 0.15) is 58.2 Å². The van der Waals surface area contributed by atoms with Crippen molar-refractivity contribution in [3.05, 3.63) is 11.7 Å². The molecule has 90 valence electrons. The number of nitrogens with two attached hydrogens (primary N) is 1. The molecule has 2 N–H and O–H groups in total. The maximum Gasteiger partial charge on any atom is 0.231 e. The van der Waals surface area contributed by atoms with E-state index in [1.807, 2.05) is 6.92 Å². The van der Waals surface area contributed by atoms with Gasteiger partial charge in [0.15, 0.2) is 5.82 Å². The summed E-state index contributed by atoms with van der Waals surface area (Å²) in [6.07, 6.45) is 2.33. The first-order valence-electron chi connectivity index (χ1n) is 6.04. The largest absolute Gasteiger partial charge is 0.339 e. The summed E-state index contributed by atoms with van der Waals surface area (Å²) >= 11 is 0. The molecule has 0 saturated heterocycles. The molecule has 1 fully saturated rings. The van der Waals surface area contributed by atoms with Crippen molar-refractivity contribution in [2.45, 2.75) is 57.9 Å². The molecule has 0 amide bonds. The lowest BCUT2D eigenvalue weighted by atomic mass is 9.90. The van der Waals surface area contributed by atoms with Crippen LogP contribution in [0.15, 0.2) is 4.52 Å². The lowest BCUT2D eigenvalue weighted by molar-refractivity contribution is 0.297. The summed E-state index contributed by atoms with van der Waals surface area (Å²) < 4.78 is 5.37. The lowest BCUT2D eigenvalue weighted by Crippen LogP contribution is -2.28. The van der Waals surface area contributed by atoms with Crippen molar-refractivity contribution in [1.29, 1.82) is 0 Å². The molecule has 1 aromatic rings. The second-order valence-electron chi connectivity index (χ2n) is 5.65. The molecule has 0 aromatic carbocycles. The van der Waals surface area contributed by atoms with Gasteiger partial charge in [-0.2, -0.15) is 4.98 Å². The van der Waals surface area contributed by atoms with E-state index in [9.17, 15) is 0 Å². The molecule has 2 rings (SSSR count). The van der Waals surface area contributed by atoms with Crippen molar-refractivity contribution in [3.8, 4) is 0 Å². The highest BCUT2D eigenvalue weighted by Gasteiger charge is 2.44. The van der Waals surface area contributed by atoms with Crippen LogP contribution >= 0.6 is 0 Å². The number of nitrogens with zero attached hydrogens (tertiary/aromatic N) is 2. The average Bonchev–Trinajstić information content (AvgIpc) is 2.75. The van der Waals surface area contributed by atoms with Crippen molar-refractivity contribution in [1.82, 2.24) is 10.1 Å². The van der Waals surface area contributed by atoms with Crippen molar-refractivity contribution in [2.24, 2.45) is 11.7 Å². The molecule has 1 heterocycles. The lowest BCUT2D eigenvalue weighted by Gasteiger charge is -2.20. The van der Waals surface area contributed by atoms with Crippen LogP contribution in [0.25, 0.3) is 0 Å². The van der Waals surface area contributed by atoms with Crippen LogP contribution in [0.5, 0.6) is 0 Å². The van der Waals surface area contributed by atoms with Gasteiger partial charge in [0.1, 0.15) is 0 Å². The van der Waals surface area contributed by atoms with E-state index in [0.29, 0.717) is 11.8 Å². The molecule has 1 aliphatic rings. The van der Waals surface area contributed by atoms with E-state index < -0.39 is 0 Å². The van der Waals surface area contributed by atoms with Gasteiger partial charge in [0.2, 0.25) is 5.89 Å². The van der Waals surface area contributed by atoms with Crippen LogP contribution < -0.4 is 5.73 Å². The van der Waals surface area contributed by atoms with Crippen molar-refractivity contribution < 1.29 is 4.52 Å². The summed E-state index contributed by atoms with van der Waals surface area (Å²) in [6.45, 7) is 8.44. The normalized spacial score (nSPS) is 22.1. The Morgan fingerprint density at radius 3 is 2.38 bits per heavy atom. The second-order valence-corrected chi connectivity index (χ2v) is 5.65. The fourth-order valence-corrected chi connectivity index (χ4v) is 2.14. The SMILES string of the molecule is CC(C)C(c1nc(C2(C)CC2)no1)C(C)N. The number of rotatable bonds is 4. The molecule has 0 spiro atoms. The Morgan fingerprint density at radius 2 is 1.94 bits per heavy atom. The van der Waals surface area contributed by atoms with E-state index in [1.54, 1.807) is 0 Å². The van der Waals surface area contributed by atoms with E-state index in [1.165, 1.54) is 0 Å². The molecule has 4 heteroatoms. The van der Waals surface area contributed by atoms with E-state index in [0.717, 1.165) is 18.7 Å². The molecule has 2 unspecified atom stereocenters. The van der Waals surface area contributed by atoms with Crippen LogP contribution in [0.2, 0.25) is 0 Å². The first-order chi connectivity index (χ1) is 7.44. The van der Waals surface area contributed by atoms with Gasteiger partial charge < -0.3 is 10.3 Å². The van der Waals surface area contributed by atoms with E-state index >= 15 is 0 Å². The molecular weight excluding hydrogens is 202 g/mol. The third-order valence-corrected chi connectivity index (χ3v) is 3.55. The van der Waals surface area contributed by atoms with Gasteiger partial charge in [-0.1, -0.05) is 25.9 Å². The van der Waals surface area contributed by atoms with Crippen molar-refractivity contribution in [2.75, 3.05) is 0 Å². The van der Waals surface area contributed by atoms with Gasteiger partial charge in [-0.05, 0) is 25.7 Å². The zero-order valence-electron chi connectivity index (χ0n) is 10.5. The number of hydrogen-bond acceptors (Lipinski definition) is 4. The third kappa shape index (κ3) is 1.98. The Labute approximate surface area is 96.6 Å². The minimum atomic E-state index is 0.0420. The van der Waals surface area contributed by atoms with E-state index in [-0.39, 0.29) is 17.4 Å². The highest BCUT2D eigenvalue weighted by molar-refractivity contribution is 5.15. The van der Waals surface area contributed by atoms with Crippen LogP contribution in [-0.4, -0.2) is 16.2 Å². The molecule has 1 saturated carbocycles. The first-order valence-corrected chi connectivity index (χ1v) is 6.04. The maximum atomic E-state index is 5.98. The van der Waals surface area contributed by atoms with Crippen molar-refractivity contribution in [3.63, 3.8) is 0 Å². The quantitative estimate of drug-likeness (QED) is 0.850. The minimum Gasteiger partial charge on any atom is -0.339 e. The smallest absolute Gasteiger partial charge is 0.231 e. The summed E-state index contributed by atoms with van der Waals surface area (Å²) in [4.78, 5) is 4.53. The Bertz CT molecular complexity index is 358. The standard InChI is InChI=1S/C12H21N3O/c1-7(2)9(8(3)13)10-14-11(15-16-10)12(4)5-6-12/h7-9H,5-6,13H2,1-4H3. The highest BCUT2D eigenvalue weighted by Crippen LogP contribution is 2.46. The minimum absolute atomic E-state index is 0.0420. The highest BCUT2D eigenvalue weighted by atomic mass is 16.5. The summed E-state index contributed by atoms with van der Waals surface area (Å²) in [5.41, 5.74) is 6.14. The van der Waals surface area contributed by atoms with Gasteiger partial charge in [0.05, 0.1) is 5.92 Å². The Balaban J connectivity index is 2.22. The van der Waals surface area contributed by atoms with Crippen molar-refractivity contribution >= 4 is 0 Å². The third-order valence-electron chi connectivity index (χ3n) is 3.55. The zero-order valence-corrected chi connectivity index (χ0v) is 10.5.